The normalized spacial score (nSPS) is 12.0. The Morgan fingerprint density at radius 3 is 2.77 bits per heavy atom. The molecule has 1 aromatic heterocycles. The minimum atomic E-state index is -0.873. The van der Waals surface area contributed by atoms with Gasteiger partial charge >= 0.3 is 0 Å². The summed E-state index contributed by atoms with van der Waals surface area (Å²) in [5, 5.41) is 3.90. The van der Waals surface area contributed by atoms with Crippen LogP contribution in [0.25, 0.3) is 0 Å². The van der Waals surface area contributed by atoms with Crippen molar-refractivity contribution in [3.05, 3.63) is 52.8 Å². The van der Waals surface area contributed by atoms with Gasteiger partial charge < -0.3 is 10.1 Å². The van der Waals surface area contributed by atoms with Crippen molar-refractivity contribution in [1.82, 2.24) is 4.98 Å². The quantitative estimate of drug-likeness (QED) is 0.837. The van der Waals surface area contributed by atoms with E-state index < -0.39 is 10.8 Å². The fraction of sp³-hybridized carbons (Fsp3) is 0.312. The molecule has 4 nitrogen and oxygen atoms in total. The Bertz CT molecular complexity index is 647. The second-order valence-corrected chi connectivity index (χ2v) is 6.65. The largest absolute Gasteiger partial charge is 0.492 e. The first-order valence-electron chi connectivity index (χ1n) is 6.98. The van der Waals surface area contributed by atoms with Crippen molar-refractivity contribution in [1.29, 1.82) is 0 Å². The highest BCUT2D eigenvalue weighted by molar-refractivity contribution is 7.83. The topological polar surface area (TPSA) is 51.2 Å². The van der Waals surface area contributed by atoms with Gasteiger partial charge in [0.2, 0.25) is 0 Å². The summed E-state index contributed by atoms with van der Waals surface area (Å²) in [6.45, 7) is 3.12. The van der Waals surface area contributed by atoms with Gasteiger partial charge in [0, 0.05) is 22.8 Å². The molecule has 0 aliphatic carbocycles. The van der Waals surface area contributed by atoms with Gasteiger partial charge in [0.05, 0.1) is 35.8 Å². The average molecular weight is 339 g/mol. The maximum Gasteiger partial charge on any atom is 0.137 e. The summed E-state index contributed by atoms with van der Waals surface area (Å²) in [5.41, 5.74) is 2.71. The third kappa shape index (κ3) is 5.00. The van der Waals surface area contributed by atoms with E-state index in [4.69, 9.17) is 16.3 Å². The summed E-state index contributed by atoms with van der Waals surface area (Å²) in [6.07, 6.45) is 3.39. The van der Waals surface area contributed by atoms with Crippen molar-refractivity contribution >= 4 is 28.1 Å². The molecule has 0 unspecified atom stereocenters. The summed E-state index contributed by atoms with van der Waals surface area (Å²) < 4.78 is 16.7. The number of nitrogens with zero attached hydrogens (tertiary/aromatic N) is 1. The van der Waals surface area contributed by atoms with E-state index in [0.29, 0.717) is 23.9 Å². The van der Waals surface area contributed by atoms with Gasteiger partial charge in [-0.1, -0.05) is 17.7 Å². The molecule has 1 heterocycles. The molecular weight excluding hydrogens is 320 g/mol. The third-order valence-corrected chi connectivity index (χ3v) is 4.04. The smallest absolute Gasteiger partial charge is 0.137 e. The van der Waals surface area contributed by atoms with Crippen LogP contribution in [0.1, 0.15) is 18.2 Å². The first kappa shape index (κ1) is 16.8. The zero-order valence-corrected chi connectivity index (χ0v) is 14.2. The van der Waals surface area contributed by atoms with Crippen LogP contribution < -0.4 is 10.1 Å². The number of halogens is 1. The second-order valence-electron chi connectivity index (χ2n) is 4.80. The SMILES string of the molecule is CCOc1ccc(CNc2cc(C[S@](C)=O)ccc2Cl)nc1. The molecule has 0 radical (unpaired) electrons. The average Bonchev–Trinajstić information content (AvgIpc) is 2.49. The molecule has 1 atom stereocenters. The fourth-order valence-electron chi connectivity index (χ4n) is 1.99. The molecule has 0 bridgehead atoms. The zero-order valence-electron chi connectivity index (χ0n) is 12.6. The van der Waals surface area contributed by atoms with Crippen LogP contribution in [-0.4, -0.2) is 22.1 Å². The number of rotatable bonds is 7. The third-order valence-electron chi connectivity index (χ3n) is 2.97. The Balaban J connectivity index is 2.02. The van der Waals surface area contributed by atoms with Gasteiger partial charge in [-0.25, -0.2) is 0 Å². The maximum absolute atomic E-state index is 11.3. The molecule has 6 heteroatoms. The van der Waals surface area contributed by atoms with Crippen LogP contribution in [0.4, 0.5) is 5.69 Å². The molecule has 22 heavy (non-hydrogen) atoms. The van der Waals surface area contributed by atoms with Gasteiger partial charge in [0.15, 0.2) is 0 Å². The van der Waals surface area contributed by atoms with Crippen LogP contribution in [0.5, 0.6) is 5.75 Å². The highest BCUT2D eigenvalue weighted by atomic mass is 35.5. The Morgan fingerprint density at radius 1 is 1.32 bits per heavy atom. The number of aromatic nitrogens is 1. The van der Waals surface area contributed by atoms with Crippen molar-refractivity contribution in [2.45, 2.75) is 19.2 Å². The van der Waals surface area contributed by atoms with E-state index in [1.807, 2.05) is 37.3 Å². The first-order chi connectivity index (χ1) is 10.6. The summed E-state index contributed by atoms with van der Waals surface area (Å²) >= 11 is 6.19. The van der Waals surface area contributed by atoms with Crippen molar-refractivity contribution in [2.24, 2.45) is 0 Å². The van der Waals surface area contributed by atoms with Crippen LogP contribution in [0.15, 0.2) is 36.5 Å². The zero-order chi connectivity index (χ0) is 15.9. The Labute approximate surface area is 138 Å². The number of hydrogen-bond acceptors (Lipinski definition) is 4. The van der Waals surface area contributed by atoms with E-state index in [0.717, 1.165) is 22.7 Å². The summed E-state index contributed by atoms with van der Waals surface area (Å²) in [5.74, 6) is 1.28. The Hall–Kier alpha value is -1.59. The van der Waals surface area contributed by atoms with Gasteiger partial charge in [0.25, 0.3) is 0 Å². The summed E-state index contributed by atoms with van der Waals surface area (Å²) in [6, 6.07) is 9.45. The van der Waals surface area contributed by atoms with Crippen molar-refractivity contribution in [3.63, 3.8) is 0 Å². The number of hydrogen-bond donors (Lipinski definition) is 1. The van der Waals surface area contributed by atoms with Gasteiger partial charge in [-0.3, -0.25) is 9.19 Å². The molecule has 0 aliphatic heterocycles. The minimum absolute atomic E-state index is 0.521. The Morgan fingerprint density at radius 2 is 2.14 bits per heavy atom. The van der Waals surface area contributed by atoms with Crippen LogP contribution in [0, 0.1) is 0 Å². The standard InChI is InChI=1S/C16H19ClN2O2S/c1-3-21-14-6-5-13(18-10-14)9-19-16-8-12(11-22(2)20)4-7-15(16)17/h4-8,10,19H,3,9,11H2,1-2H3/t22-/m0/s1. The van der Waals surface area contributed by atoms with E-state index in [2.05, 4.69) is 10.3 Å². The molecule has 0 amide bonds. The molecule has 118 valence electrons. The molecule has 2 rings (SSSR count). The van der Waals surface area contributed by atoms with Crippen LogP contribution in [0.2, 0.25) is 5.02 Å². The maximum atomic E-state index is 11.3. The van der Waals surface area contributed by atoms with Crippen LogP contribution in [0.3, 0.4) is 0 Å². The predicted octanol–water partition coefficient (Wildman–Crippen LogP) is 3.62. The summed E-state index contributed by atoms with van der Waals surface area (Å²) in [7, 11) is -0.873. The number of nitrogens with one attached hydrogen (secondary N) is 1. The molecule has 0 spiro atoms. The lowest BCUT2D eigenvalue weighted by Gasteiger charge is -2.10. The van der Waals surface area contributed by atoms with E-state index in [-0.39, 0.29) is 0 Å². The lowest BCUT2D eigenvalue weighted by atomic mass is 10.2. The lowest BCUT2D eigenvalue weighted by Crippen LogP contribution is -2.03. The predicted molar refractivity (Wildman–Crippen MR) is 92.0 cm³/mol. The Kier molecular flexibility index (Phi) is 6.21. The minimum Gasteiger partial charge on any atom is -0.492 e. The second kappa shape index (κ2) is 8.15. The molecule has 1 N–H and O–H groups in total. The fourth-order valence-corrected chi connectivity index (χ4v) is 2.82. The van der Waals surface area contributed by atoms with Crippen molar-refractivity contribution in [2.75, 3.05) is 18.2 Å². The van der Waals surface area contributed by atoms with Crippen LogP contribution in [-0.2, 0) is 23.1 Å². The molecule has 0 saturated carbocycles. The first-order valence-corrected chi connectivity index (χ1v) is 9.09. The van der Waals surface area contributed by atoms with Gasteiger partial charge in [0.1, 0.15) is 5.75 Å². The van der Waals surface area contributed by atoms with Gasteiger partial charge in [-0.2, -0.15) is 0 Å². The molecular formula is C16H19ClN2O2S. The van der Waals surface area contributed by atoms with E-state index >= 15 is 0 Å². The monoisotopic (exact) mass is 338 g/mol. The van der Waals surface area contributed by atoms with Gasteiger partial charge in [-0.15, -0.1) is 0 Å². The molecule has 1 aromatic carbocycles. The van der Waals surface area contributed by atoms with Crippen molar-refractivity contribution in [3.8, 4) is 5.75 Å². The van der Waals surface area contributed by atoms with E-state index in [9.17, 15) is 4.21 Å². The van der Waals surface area contributed by atoms with E-state index in [1.165, 1.54) is 0 Å². The molecule has 2 aromatic rings. The van der Waals surface area contributed by atoms with Gasteiger partial charge in [-0.05, 0) is 36.8 Å². The number of pyridine rings is 1. The summed E-state index contributed by atoms with van der Waals surface area (Å²) in [4.78, 5) is 4.33. The van der Waals surface area contributed by atoms with E-state index in [1.54, 1.807) is 12.5 Å². The highest BCUT2D eigenvalue weighted by Gasteiger charge is 2.04. The number of anilines is 1. The highest BCUT2D eigenvalue weighted by Crippen LogP contribution is 2.24. The lowest BCUT2D eigenvalue weighted by molar-refractivity contribution is 0.338. The van der Waals surface area contributed by atoms with Crippen molar-refractivity contribution < 1.29 is 8.95 Å². The number of benzene rings is 1. The molecule has 0 aliphatic rings. The molecule has 0 saturated heterocycles. The molecule has 0 fully saturated rings. The van der Waals surface area contributed by atoms with Crippen LogP contribution >= 0.6 is 11.6 Å². The number of ether oxygens (including phenoxy) is 1.